The maximum absolute atomic E-state index is 6.14. The summed E-state index contributed by atoms with van der Waals surface area (Å²) in [6.07, 6.45) is 1.06. The molecule has 0 aliphatic carbocycles. The Hall–Kier alpha value is -0.960. The molecule has 3 heteroatoms. The number of hydrogen-bond donors (Lipinski definition) is 1. The number of halogens is 1. The third-order valence-corrected chi connectivity index (χ3v) is 5.35. The molecule has 1 heterocycles. The van der Waals surface area contributed by atoms with Gasteiger partial charge in [-0.25, -0.2) is 0 Å². The number of rotatable bonds is 4. The second-order valence-electron chi connectivity index (χ2n) is 5.45. The Morgan fingerprint density at radius 3 is 2.90 bits per heavy atom. The fraction of sp³-hybridized carbons (Fsp3) is 0.333. The van der Waals surface area contributed by atoms with E-state index in [1.54, 1.807) is 0 Å². The monoisotopic (exact) mass is 317 g/mol. The van der Waals surface area contributed by atoms with Gasteiger partial charge >= 0.3 is 0 Å². The zero-order valence-corrected chi connectivity index (χ0v) is 13.8. The van der Waals surface area contributed by atoms with E-state index in [2.05, 4.69) is 48.6 Å². The van der Waals surface area contributed by atoms with E-state index in [0.717, 1.165) is 22.9 Å². The highest BCUT2D eigenvalue weighted by atomic mass is 35.5. The van der Waals surface area contributed by atoms with Crippen LogP contribution in [0.15, 0.2) is 48.5 Å². The molecule has 0 saturated carbocycles. The van der Waals surface area contributed by atoms with Gasteiger partial charge in [-0.2, -0.15) is 11.8 Å². The lowest BCUT2D eigenvalue weighted by molar-refractivity contribution is 0.457. The molecule has 0 radical (unpaired) electrons. The smallest absolute Gasteiger partial charge is 0.0419 e. The van der Waals surface area contributed by atoms with Crippen molar-refractivity contribution >= 4 is 23.4 Å². The molecule has 0 fully saturated rings. The summed E-state index contributed by atoms with van der Waals surface area (Å²) in [6, 6.07) is 17.8. The fourth-order valence-electron chi connectivity index (χ4n) is 2.94. The van der Waals surface area contributed by atoms with Gasteiger partial charge in [0.15, 0.2) is 0 Å². The largest absolute Gasteiger partial charge is 0.302 e. The van der Waals surface area contributed by atoms with Crippen molar-refractivity contribution < 1.29 is 0 Å². The lowest BCUT2D eigenvalue weighted by Crippen LogP contribution is -2.30. The molecule has 110 valence electrons. The standard InChI is InChI=1S/C18H20ClNS/c1-2-17(13-7-5-8-15(19)10-13)20-18-12-21-11-14-6-3-4-9-16(14)18/h3-10,17-18,20H,2,11-12H2,1H3. The second-order valence-corrected chi connectivity index (χ2v) is 6.92. The molecule has 1 N–H and O–H groups in total. The quantitative estimate of drug-likeness (QED) is 0.813. The molecule has 0 spiro atoms. The van der Waals surface area contributed by atoms with Crippen LogP contribution in [0.3, 0.4) is 0 Å². The number of hydrogen-bond acceptors (Lipinski definition) is 2. The molecule has 0 saturated heterocycles. The van der Waals surface area contributed by atoms with Crippen molar-refractivity contribution in [3.63, 3.8) is 0 Å². The molecule has 1 aliphatic rings. The van der Waals surface area contributed by atoms with E-state index in [9.17, 15) is 0 Å². The average molecular weight is 318 g/mol. The number of thioether (sulfide) groups is 1. The molecule has 1 aliphatic heterocycles. The van der Waals surface area contributed by atoms with Gasteiger partial charge in [0.05, 0.1) is 0 Å². The van der Waals surface area contributed by atoms with Crippen molar-refractivity contribution in [2.45, 2.75) is 31.2 Å². The van der Waals surface area contributed by atoms with Gasteiger partial charge in [0.2, 0.25) is 0 Å². The highest BCUT2D eigenvalue weighted by Crippen LogP contribution is 2.34. The third kappa shape index (κ3) is 3.45. The lowest BCUT2D eigenvalue weighted by atomic mass is 9.98. The van der Waals surface area contributed by atoms with Crippen LogP contribution in [-0.4, -0.2) is 5.75 Å². The predicted molar refractivity (Wildman–Crippen MR) is 93.0 cm³/mol. The van der Waals surface area contributed by atoms with E-state index >= 15 is 0 Å². The first-order valence-corrected chi connectivity index (χ1v) is 8.98. The van der Waals surface area contributed by atoms with Crippen molar-refractivity contribution in [1.29, 1.82) is 0 Å². The Morgan fingerprint density at radius 1 is 1.24 bits per heavy atom. The molecular formula is C18H20ClNS. The van der Waals surface area contributed by atoms with Crippen LogP contribution >= 0.6 is 23.4 Å². The SMILES string of the molecule is CCC(NC1CSCc2ccccc21)c1cccc(Cl)c1. The lowest BCUT2D eigenvalue weighted by Gasteiger charge is -2.30. The van der Waals surface area contributed by atoms with E-state index in [-0.39, 0.29) is 0 Å². The summed E-state index contributed by atoms with van der Waals surface area (Å²) >= 11 is 8.15. The maximum atomic E-state index is 6.14. The maximum Gasteiger partial charge on any atom is 0.0419 e. The molecule has 2 aromatic carbocycles. The van der Waals surface area contributed by atoms with Gasteiger partial charge in [-0.1, -0.05) is 54.9 Å². The van der Waals surface area contributed by atoms with Crippen LogP contribution in [-0.2, 0) is 5.75 Å². The molecule has 2 atom stereocenters. The summed E-state index contributed by atoms with van der Waals surface area (Å²) < 4.78 is 0. The van der Waals surface area contributed by atoms with Gasteiger partial charge in [0.25, 0.3) is 0 Å². The summed E-state index contributed by atoms with van der Waals surface area (Å²) in [5.41, 5.74) is 4.20. The van der Waals surface area contributed by atoms with Crippen LogP contribution in [0.2, 0.25) is 5.02 Å². The van der Waals surface area contributed by atoms with E-state index in [4.69, 9.17) is 11.6 Å². The van der Waals surface area contributed by atoms with Crippen LogP contribution in [0.25, 0.3) is 0 Å². The molecular weight excluding hydrogens is 298 g/mol. The van der Waals surface area contributed by atoms with Gasteiger partial charge in [0, 0.05) is 28.6 Å². The number of fused-ring (bicyclic) bond motifs is 1. The second kappa shape index (κ2) is 6.87. The molecule has 0 bridgehead atoms. The van der Waals surface area contributed by atoms with Gasteiger partial charge in [-0.05, 0) is 35.2 Å². The van der Waals surface area contributed by atoms with Crippen LogP contribution in [0.5, 0.6) is 0 Å². The Morgan fingerprint density at radius 2 is 2.10 bits per heavy atom. The average Bonchev–Trinajstić information content (AvgIpc) is 2.52. The van der Waals surface area contributed by atoms with Crippen molar-refractivity contribution in [2.24, 2.45) is 0 Å². The molecule has 0 aromatic heterocycles. The minimum Gasteiger partial charge on any atom is -0.302 e. The zero-order chi connectivity index (χ0) is 14.7. The molecule has 1 nitrogen and oxygen atoms in total. The Labute approximate surface area is 136 Å². The van der Waals surface area contributed by atoms with Crippen LogP contribution in [0.4, 0.5) is 0 Å². The first kappa shape index (κ1) is 15.0. The topological polar surface area (TPSA) is 12.0 Å². The minimum atomic E-state index is 0.348. The van der Waals surface area contributed by atoms with E-state index in [1.807, 2.05) is 23.9 Å². The Balaban J connectivity index is 1.82. The number of benzene rings is 2. The number of nitrogens with one attached hydrogen (secondary N) is 1. The van der Waals surface area contributed by atoms with Crippen LogP contribution < -0.4 is 5.32 Å². The summed E-state index contributed by atoms with van der Waals surface area (Å²) in [4.78, 5) is 0. The zero-order valence-electron chi connectivity index (χ0n) is 12.2. The molecule has 0 amide bonds. The molecule has 2 aromatic rings. The van der Waals surface area contributed by atoms with Crippen molar-refractivity contribution in [3.8, 4) is 0 Å². The highest BCUT2D eigenvalue weighted by molar-refractivity contribution is 7.98. The van der Waals surface area contributed by atoms with Crippen LogP contribution in [0.1, 0.15) is 42.1 Å². The van der Waals surface area contributed by atoms with Crippen molar-refractivity contribution in [3.05, 3.63) is 70.2 Å². The van der Waals surface area contributed by atoms with Gasteiger partial charge in [-0.15, -0.1) is 0 Å². The first-order valence-electron chi connectivity index (χ1n) is 7.45. The first-order chi connectivity index (χ1) is 10.3. The van der Waals surface area contributed by atoms with Crippen LogP contribution in [0, 0.1) is 0 Å². The van der Waals surface area contributed by atoms with Gasteiger partial charge in [0.1, 0.15) is 0 Å². The summed E-state index contributed by atoms with van der Waals surface area (Å²) in [6.45, 7) is 2.22. The summed E-state index contributed by atoms with van der Waals surface area (Å²) in [7, 11) is 0. The molecule has 21 heavy (non-hydrogen) atoms. The van der Waals surface area contributed by atoms with E-state index in [1.165, 1.54) is 16.7 Å². The van der Waals surface area contributed by atoms with E-state index < -0.39 is 0 Å². The Bertz CT molecular complexity index is 614. The molecule has 3 rings (SSSR count). The summed E-state index contributed by atoms with van der Waals surface area (Å²) in [5.74, 6) is 2.26. The minimum absolute atomic E-state index is 0.348. The van der Waals surface area contributed by atoms with Gasteiger partial charge in [-0.3, -0.25) is 0 Å². The highest BCUT2D eigenvalue weighted by Gasteiger charge is 2.22. The molecule has 2 unspecified atom stereocenters. The van der Waals surface area contributed by atoms with E-state index in [0.29, 0.717) is 12.1 Å². The predicted octanol–water partition coefficient (Wildman–Crippen LogP) is 5.37. The van der Waals surface area contributed by atoms with Crippen molar-refractivity contribution in [1.82, 2.24) is 5.32 Å². The van der Waals surface area contributed by atoms with Crippen molar-refractivity contribution in [2.75, 3.05) is 5.75 Å². The third-order valence-electron chi connectivity index (χ3n) is 4.03. The van der Waals surface area contributed by atoms with Gasteiger partial charge < -0.3 is 5.32 Å². The summed E-state index contributed by atoms with van der Waals surface area (Å²) in [5, 5.41) is 4.64. The fourth-order valence-corrected chi connectivity index (χ4v) is 4.25. The normalized spacial score (nSPS) is 19.0. The Kier molecular flexibility index (Phi) is 4.89.